The van der Waals surface area contributed by atoms with Crippen molar-refractivity contribution in [3.8, 4) is 0 Å². The van der Waals surface area contributed by atoms with Crippen molar-refractivity contribution >= 4 is 17.3 Å². The van der Waals surface area contributed by atoms with Crippen LogP contribution in [0.4, 0.5) is 10.1 Å². The molecule has 2 aromatic carbocycles. The Balaban J connectivity index is 1.37. The average molecular weight is 379 g/mol. The zero-order chi connectivity index (χ0) is 18.4. The molecule has 3 rings (SSSR count). The number of hydrogen-bond donors (Lipinski definition) is 1. The van der Waals surface area contributed by atoms with Gasteiger partial charge in [0.15, 0.2) is 0 Å². The van der Waals surface area contributed by atoms with Crippen molar-refractivity contribution in [2.45, 2.75) is 12.7 Å². The van der Waals surface area contributed by atoms with Gasteiger partial charge >= 0.3 is 0 Å². The summed E-state index contributed by atoms with van der Waals surface area (Å²) < 4.78 is 19.5. The normalized spacial score (nSPS) is 16.7. The van der Waals surface area contributed by atoms with Crippen LogP contribution in [0.3, 0.4) is 0 Å². The maximum Gasteiger partial charge on any atom is 0.146 e. The summed E-state index contributed by atoms with van der Waals surface area (Å²) in [7, 11) is 0. The number of benzene rings is 2. The maximum absolute atomic E-state index is 13.9. The third-order valence-electron chi connectivity index (χ3n) is 4.53. The molecule has 1 saturated heterocycles. The highest BCUT2D eigenvalue weighted by Crippen LogP contribution is 2.20. The molecule has 1 unspecified atom stereocenters. The first kappa shape index (κ1) is 19.1. The number of hydrogen-bond acceptors (Lipinski definition) is 4. The van der Waals surface area contributed by atoms with Crippen LogP contribution in [0.15, 0.2) is 48.5 Å². The second kappa shape index (κ2) is 9.33. The fraction of sp³-hybridized carbons (Fsp3) is 0.400. The minimum absolute atomic E-state index is 0.184. The van der Waals surface area contributed by atoms with E-state index >= 15 is 0 Å². The lowest BCUT2D eigenvalue weighted by atomic mass is 10.2. The standard InChI is InChI=1S/C20H24ClFN2O2/c21-17-7-5-16(6-8-17)14-26-15-18(25)13-23-9-11-24(12-10-23)20-4-2-1-3-19(20)22/h1-8,18,25H,9-15H2. The average Bonchev–Trinajstić information content (AvgIpc) is 2.65. The van der Waals surface area contributed by atoms with Crippen LogP contribution in [0.2, 0.25) is 5.02 Å². The van der Waals surface area contributed by atoms with Crippen LogP contribution >= 0.6 is 11.6 Å². The lowest BCUT2D eigenvalue weighted by Gasteiger charge is -2.36. The molecule has 140 valence electrons. The van der Waals surface area contributed by atoms with Gasteiger partial charge in [-0.05, 0) is 29.8 Å². The molecule has 1 aliphatic heterocycles. The first-order valence-corrected chi connectivity index (χ1v) is 9.21. The number of β-amino-alcohol motifs (C(OH)–C–C–N with tert-alkyl or cyclic N) is 1. The van der Waals surface area contributed by atoms with Crippen LogP contribution < -0.4 is 4.90 Å². The molecule has 1 N–H and O–H groups in total. The molecule has 1 aliphatic rings. The Hall–Kier alpha value is -1.66. The number of nitrogens with zero attached hydrogens (tertiary/aromatic N) is 2. The Morgan fingerprint density at radius 1 is 1.04 bits per heavy atom. The molecule has 6 heteroatoms. The van der Waals surface area contributed by atoms with Crippen molar-refractivity contribution in [3.63, 3.8) is 0 Å². The maximum atomic E-state index is 13.9. The number of aliphatic hydroxyl groups excluding tert-OH is 1. The summed E-state index contributed by atoms with van der Waals surface area (Å²) >= 11 is 5.85. The Kier molecular flexibility index (Phi) is 6.86. The SMILES string of the molecule is OC(COCc1ccc(Cl)cc1)CN1CCN(c2ccccc2F)CC1. The molecule has 1 atom stereocenters. The topological polar surface area (TPSA) is 35.9 Å². The van der Waals surface area contributed by atoms with Crippen molar-refractivity contribution in [3.05, 3.63) is 64.9 Å². The highest BCUT2D eigenvalue weighted by Gasteiger charge is 2.21. The second-order valence-electron chi connectivity index (χ2n) is 6.53. The fourth-order valence-corrected chi connectivity index (χ4v) is 3.25. The number of aliphatic hydroxyl groups is 1. The lowest BCUT2D eigenvalue weighted by Crippen LogP contribution is -2.49. The molecule has 1 heterocycles. The molecular formula is C20H24ClFN2O2. The van der Waals surface area contributed by atoms with Crippen LogP contribution in [0, 0.1) is 5.82 Å². The molecule has 0 amide bonds. The number of halogens is 2. The van der Waals surface area contributed by atoms with E-state index in [1.165, 1.54) is 6.07 Å². The van der Waals surface area contributed by atoms with Gasteiger partial charge in [-0.2, -0.15) is 0 Å². The molecule has 0 radical (unpaired) electrons. The van der Waals surface area contributed by atoms with Crippen molar-refractivity contribution in [2.75, 3.05) is 44.2 Å². The van der Waals surface area contributed by atoms with Gasteiger partial charge in [-0.15, -0.1) is 0 Å². The summed E-state index contributed by atoms with van der Waals surface area (Å²) in [6, 6.07) is 14.3. The number of rotatable bonds is 7. The molecule has 0 saturated carbocycles. The van der Waals surface area contributed by atoms with E-state index in [2.05, 4.69) is 9.80 Å². The van der Waals surface area contributed by atoms with Gasteiger partial charge in [0.25, 0.3) is 0 Å². The summed E-state index contributed by atoms with van der Waals surface area (Å²) in [5.41, 5.74) is 1.68. The van der Waals surface area contributed by atoms with E-state index in [4.69, 9.17) is 16.3 Å². The summed E-state index contributed by atoms with van der Waals surface area (Å²) in [6.07, 6.45) is -0.540. The predicted molar refractivity (Wildman–Crippen MR) is 102 cm³/mol. The molecule has 4 nitrogen and oxygen atoms in total. The molecular weight excluding hydrogens is 355 g/mol. The van der Waals surface area contributed by atoms with E-state index in [9.17, 15) is 9.50 Å². The quantitative estimate of drug-likeness (QED) is 0.802. The van der Waals surface area contributed by atoms with Crippen molar-refractivity contribution in [1.82, 2.24) is 4.90 Å². The van der Waals surface area contributed by atoms with Gasteiger partial charge in [-0.1, -0.05) is 35.9 Å². The predicted octanol–water partition coefficient (Wildman–Crippen LogP) is 3.18. The molecule has 2 aromatic rings. The number of ether oxygens (including phenoxy) is 1. The summed E-state index contributed by atoms with van der Waals surface area (Å²) in [5.74, 6) is -0.184. The summed E-state index contributed by atoms with van der Waals surface area (Å²) in [4.78, 5) is 4.24. The molecule has 0 aromatic heterocycles. The number of para-hydroxylation sites is 1. The minimum atomic E-state index is -0.540. The van der Waals surface area contributed by atoms with Crippen LogP contribution in [0.25, 0.3) is 0 Å². The lowest BCUT2D eigenvalue weighted by molar-refractivity contribution is 0.00912. The molecule has 1 fully saturated rings. The summed E-state index contributed by atoms with van der Waals surface area (Å²) in [5, 5.41) is 10.9. The summed E-state index contributed by atoms with van der Waals surface area (Å²) in [6.45, 7) is 4.39. The fourth-order valence-electron chi connectivity index (χ4n) is 3.12. The van der Waals surface area contributed by atoms with Gasteiger partial charge in [0.05, 0.1) is 25.0 Å². The largest absolute Gasteiger partial charge is 0.389 e. The van der Waals surface area contributed by atoms with Gasteiger partial charge in [-0.25, -0.2) is 4.39 Å². The third kappa shape index (κ3) is 5.42. The third-order valence-corrected chi connectivity index (χ3v) is 4.78. The Morgan fingerprint density at radius 3 is 2.42 bits per heavy atom. The van der Waals surface area contributed by atoms with Gasteiger partial charge in [-0.3, -0.25) is 4.90 Å². The van der Waals surface area contributed by atoms with E-state index in [-0.39, 0.29) is 12.4 Å². The molecule has 0 bridgehead atoms. The van der Waals surface area contributed by atoms with Gasteiger partial charge in [0.2, 0.25) is 0 Å². The van der Waals surface area contributed by atoms with Crippen LogP contribution in [0.1, 0.15) is 5.56 Å². The van der Waals surface area contributed by atoms with E-state index in [0.717, 1.165) is 31.7 Å². The zero-order valence-electron chi connectivity index (χ0n) is 14.7. The number of anilines is 1. The van der Waals surface area contributed by atoms with Gasteiger partial charge in [0, 0.05) is 37.7 Å². The Labute approximate surface area is 158 Å². The van der Waals surface area contributed by atoms with E-state index < -0.39 is 6.10 Å². The molecule has 26 heavy (non-hydrogen) atoms. The van der Waals surface area contributed by atoms with Crippen LogP contribution in [0.5, 0.6) is 0 Å². The zero-order valence-corrected chi connectivity index (χ0v) is 15.4. The molecule has 0 spiro atoms. The Bertz CT molecular complexity index is 690. The number of piperazine rings is 1. The van der Waals surface area contributed by atoms with Gasteiger partial charge in [0.1, 0.15) is 5.82 Å². The highest BCUT2D eigenvalue weighted by atomic mass is 35.5. The van der Waals surface area contributed by atoms with E-state index in [0.29, 0.717) is 23.9 Å². The van der Waals surface area contributed by atoms with Crippen LogP contribution in [-0.2, 0) is 11.3 Å². The Morgan fingerprint density at radius 2 is 1.73 bits per heavy atom. The van der Waals surface area contributed by atoms with E-state index in [1.54, 1.807) is 6.07 Å². The highest BCUT2D eigenvalue weighted by molar-refractivity contribution is 6.30. The first-order valence-electron chi connectivity index (χ1n) is 8.84. The first-order chi connectivity index (χ1) is 12.6. The van der Waals surface area contributed by atoms with Crippen molar-refractivity contribution < 1.29 is 14.2 Å². The van der Waals surface area contributed by atoms with Crippen LogP contribution in [-0.4, -0.2) is 55.4 Å². The smallest absolute Gasteiger partial charge is 0.146 e. The molecule has 0 aliphatic carbocycles. The second-order valence-corrected chi connectivity index (χ2v) is 6.97. The minimum Gasteiger partial charge on any atom is -0.389 e. The van der Waals surface area contributed by atoms with Crippen molar-refractivity contribution in [2.24, 2.45) is 0 Å². The van der Waals surface area contributed by atoms with E-state index in [1.807, 2.05) is 36.4 Å². The van der Waals surface area contributed by atoms with Crippen molar-refractivity contribution in [1.29, 1.82) is 0 Å². The monoisotopic (exact) mass is 378 g/mol. The van der Waals surface area contributed by atoms with Gasteiger partial charge < -0.3 is 14.7 Å².